The summed E-state index contributed by atoms with van der Waals surface area (Å²) in [5.74, 6) is -0.780. The highest BCUT2D eigenvalue weighted by Crippen LogP contribution is 2.30. The molecule has 3 aromatic carbocycles. The van der Waals surface area contributed by atoms with Crippen LogP contribution in [0.5, 0.6) is 0 Å². The van der Waals surface area contributed by atoms with Gasteiger partial charge in [-0.3, -0.25) is 10.2 Å². The van der Waals surface area contributed by atoms with Crippen LogP contribution in [0, 0.1) is 5.92 Å². The maximum absolute atomic E-state index is 12.9. The molecule has 27 heavy (non-hydrogen) atoms. The van der Waals surface area contributed by atoms with Gasteiger partial charge in [0.2, 0.25) is 5.91 Å². The highest BCUT2D eigenvalue weighted by molar-refractivity contribution is 6.26. The number of rotatable bonds is 4. The zero-order valence-corrected chi connectivity index (χ0v) is 14.5. The van der Waals surface area contributed by atoms with Crippen molar-refractivity contribution >= 4 is 34.9 Å². The lowest BCUT2D eigenvalue weighted by Crippen LogP contribution is -2.30. The highest BCUT2D eigenvalue weighted by atomic mass is 16.1. The third-order valence-corrected chi connectivity index (χ3v) is 4.24. The molecule has 1 aliphatic heterocycles. The summed E-state index contributed by atoms with van der Waals surface area (Å²) in [6.07, 6.45) is 1.60. The van der Waals surface area contributed by atoms with Crippen LogP contribution < -0.4 is 10.7 Å². The van der Waals surface area contributed by atoms with Crippen molar-refractivity contribution in [1.29, 1.82) is 0 Å². The number of carbonyl (C=O) groups is 1. The standard InChI is InChI=1S/C22H18N4O/c27-22-18(15-23-26-17-11-5-2-6-12-17)21(16-9-3-1-4-10-16)24-19-13-7-8-14-20(19)25-22/h1-15,18,26H,(H,25,27)/b23-15-/t18-/m1/s1. The van der Waals surface area contributed by atoms with Crippen molar-refractivity contribution in [3.05, 3.63) is 90.5 Å². The Balaban J connectivity index is 1.71. The molecule has 0 saturated heterocycles. The van der Waals surface area contributed by atoms with Gasteiger partial charge in [-0.05, 0) is 29.8 Å². The van der Waals surface area contributed by atoms with Gasteiger partial charge < -0.3 is 5.32 Å². The van der Waals surface area contributed by atoms with Crippen LogP contribution in [0.3, 0.4) is 0 Å². The largest absolute Gasteiger partial charge is 0.323 e. The number of hydrogen-bond donors (Lipinski definition) is 2. The molecule has 0 fully saturated rings. The van der Waals surface area contributed by atoms with Crippen LogP contribution in [0.2, 0.25) is 0 Å². The predicted molar refractivity (Wildman–Crippen MR) is 110 cm³/mol. The fourth-order valence-corrected chi connectivity index (χ4v) is 2.90. The molecule has 0 aliphatic carbocycles. The summed E-state index contributed by atoms with van der Waals surface area (Å²) < 4.78 is 0. The molecule has 5 heteroatoms. The Morgan fingerprint density at radius 3 is 2.33 bits per heavy atom. The lowest BCUT2D eigenvalue weighted by atomic mass is 9.97. The molecule has 0 radical (unpaired) electrons. The van der Waals surface area contributed by atoms with Crippen LogP contribution in [0.25, 0.3) is 0 Å². The van der Waals surface area contributed by atoms with E-state index in [1.165, 1.54) is 0 Å². The van der Waals surface area contributed by atoms with Crippen LogP contribution in [-0.4, -0.2) is 17.8 Å². The van der Waals surface area contributed by atoms with Crippen molar-refractivity contribution in [2.45, 2.75) is 0 Å². The molecule has 0 spiro atoms. The highest BCUT2D eigenvalue weighted by Gasteiger charge is 2.27. The van der Waals surface area contributed by atoms with Gasteiger partial charge in [0.05, 0.1) is 22.8 Å². The number of fused-ring (bicyclic) bond motifs is 1. The summed E-state index contributed by atoms with van der Waals surface area (Å²) in [5, 5.41) is 7.23. The first kappa shape index (κ1) is 16.7. The zero-order chi connectivity index (χ0) is 18.5. The van der Waals surface area contributed by atoms with Gasteiger partial charge in [0, 0.05) is 6.21 Å². The summed E-state index contributed by atoms with van der Waals surface area (Å²) in [5.41, 5.74) is 6.79. The zero-order valence-electron chi connectivity index (χ0n) is 14.5. The Bertz CT molecular complexity index is 997. The number of nitrogens with one attached hydrogen (secondary N) is 2. The van der Waals surface area contributed by atoms with Gasteiger partial charge in [-0.1, -0.05) is 60.7 Å². The fourth-order valence-electron chi connectivity index (χ4n) is 2.90. The number of carbonyl (C=O) groups excluding carboxylic acids is 1. The lowest BCUT2D eigenvalue weighted by molar-refractivity contribution is -0.116. The second-order valence-electron chi connectivity index (χ2n) is 6.10. The molecule has 2 N–H and O–H groups in total. The summed E-state index contributed by atoms with van der Waals surface area (Å²) in [7, 11) is 0. The number of aliphatic imine (C=N–C) groups is 1. The minimum atomic E-state index is -0.615. The average Bonchev–Trinajstić information content (AvgIpc) is 2.86. The van der Waals surface area contributed by atoms with Crippen LogP contribution in [0.4, 0.5) is 17.1 Å². The molecule has 3 aromatic rings. The van der Waals surface area contributed by atoms with E-state index in [4.69, 9.17) is 4.99 Å². The first-order valence-electron chi connectivity index (χ1n) is 8.69. The summed E-state index contributed by atoms with van der Waals surface area (Å²) >= 11 is 0. The number of anilines is 2. The normalized spacial score (nSPS) is 16.2. The van der Waals surface area contributed by atoms with E-state index in [1.807, 2.05) is 84.9 Å². The van der Waals surface area contributed by atoms with Crippen molar-refractivity contribution < 1.29 is 4.79 Å². The van der Waals surface area contributed by atoms with Crippen LogP contribution >= 0.6 is 0 Å². The van der Waals surface area contributed by atoms with Crippen LogP contribution in [0.15, 0.2) is 95.0 Å². The van der Waals surface area contributed by atoms with Gasteiger partial charge in [-0.15, -0.1) is 0 Å². The van der Waals surface area contributed by atoms with Crippen molar-refractivity contribution in [3.8, 4) is 0 Å². The topological polar surface area (TPSA) is 65.8 Å². The van der Waals surface area contributed by atoms with Gasteiger partial charge in [-0.2, -0.15) is 5.10 Å². The predicted octanol–water partition coefficient (Wildman–Crippen LogP) is 4.47. The Hall–Kier alpha value is -3.73. The van der Waals surface area contributed by atoms with E-state index >= 15 is 0 Å². The van der Waals surface area contributed by atoms with E-state index in [0.717, 1.165) is 16.9 Å². The monoisotopic (exact) mass is 354 g/mol. The fraction of sp³-hybridized carbons (Fsp3) is 0.0455. The van der Waals surface area contributed by atoms with E-state index < -0.39 is 5.92 Å². The van der Waals surface area contributed by atoms with Crippen molar-refractivity contribution in [1.82, 2.24) is 0 Å². The van der Waals surface area contributed by atoms with Crippen LogP contribution in [-0.2, 0) is 4.79 Å². The number of amides is 1. The molecule has 5 nitrogen and oxygen atoms in total. The van der Waals surface area contributed by atoms with Gasteiger partial charge in [0.25, 0.3) is 0 Å². The first-order chi connectivity index (χ1) is 13.3. The van der Waals surface area contributed by atoms with E-state index in [2.05, 4.69) is 15.8 Å². The Morgan fingerprint density at radius 1 is 0.889 bits per heavy atom. The SMILES string of the molecule is O=C1Nc2ccccc2N=C(c2ccccc2)[C@H]1/C=N\Nc1ccccc1. The summed E-state index contributed by atoms with van der Waals surface area (Å²) in [4.78, 5) is 17.7. The minimum absolute atomic E-state index is 0.166. The molecule has 132 valence electrons. The molecule has 0 saturated carbocycles. The van der Waals surface area contributed by atoms with Crippen molar-refractivity contribution in [3.63, 3.8) is 0 Å². The molecular weight excluding hydrogens is 336 g/mol. The number of hydrazone groups is 1. The third kappa shape index (κ3) is 3.77. The van der Waals surface area contributed by atoms with E-state index in [9.17, 15) is 4.79 Å². The van der Waals surface area contributed by atoms with E-state index in [-0.39, 0.29) is 5.91 Å². The maximum Gasteiger partial charge on any atom is 0.239 e. The van der Waals surface area contributed by atoms with E-state index in [0.29, 0.717) is 11.4 Å². The molecule has 1 aliphatic rings. The van der Waals surface area contributed by atoms with Crippen molar-refractivity contribution in [2.75, 3.05) is 10.7 Å². The Kier molecular flexibility index (Phi) is 4.74. The summed E-state index contributed by atoms with van der Waals surface area (Å²) in [6.45, 7) is 0. The second-order valence-corrected chi connectivity index (χ2v) is 6.10. The number of hydrogen-bond acceptors (Lipinski definition) is 4. The molecule has 1 amide bonds. The molecule has 0 aromatic heterocycles. The van der Waals surface area contributed by atoms with Crippen LogP contribution in [0.1, 0.15) is 5.56 Å². The Labute approximate surface area is 157 Å². The van der Waals surface area contributed by atoms with Gasteiger partial charge in [0.15, 0.2) is 0 Å². The Morgan fingerprint density at radius 2 is 1.56 bits per heavy atom. The molecule has 4 rings (SSSR count). The lowest BCUT2D eigenvalue weighted by Gasteiger charge is -2.12. The number of benzene rings is 3. The molecule has 1 heterocycles. The smallest absolute Gasteiger partial charge is 0.239 e. The van der Waals surface area contributed by atoms with Gasteiger partial charge in [-0.25, -0.2) is 4.99 Å². The molecule has 1 atom stereocenters. The minimum Gasteiger partial charge on any atom is -0.323 e. The average molecular weight is 354 g/mol. The second kappa shape index (κ2) is 7.66. The van der Waals surface area contributed by atoms with Gasteiger partial charge >= 0.3 is 0 Å². The quantitative estimate of drug-likeness (QED) is 0.536. The molecule has 0 unspecified atom stereocenters. The van der Waals surface area contributed by atoms with Crippen molar-refractivity contribution in [2.24, 2.45) is 16.0 Å². The van der Waals surface area contributed by atoms with E-state index in [1.54, 1.807) is 6.21 Å². The summed E-state index contributed by atoms with van der Waals surface area (Å²) in [6, 6.07) is 26.8. The molecule has 0 bridgehead atoms. The number of nitrogens with zero attached hydrogens (tertiary/aromatic N) is 2. The number of para-hydroxylation sites is 3. The third-order valence-electron chi connectivity index (χ3n) is 4.24. The first-order valence-corrected chi connectivity index (χ1v) is 8.69. The molecular formula is C22H18N4O. The maximum atomic E-state index is 12.9. The van der Waals surface area contributed by atoms with Gasteiger partial charge in [0.1, 0.15) is 5.92 Å².